The molecule has 0 aromatic heterocycles. The number of nitro groups is 1. The first kappa shape index (κ1) is 15.9. The van der Waals surface area contributed by atoms with Gasteiger partial charge < -0.3 is 0 Å². The predicted molar refractivity (Wildman–Crippen MR) is 79.7 cm³/mol. The topological polar surface area (TPSA) is 89.3 Å². The summed E-state index contributed by atoms with van der Waals surface area (Å²) in [6.07, 6.45) is 4.35. The highest BCUT2D eigenvalue weighted by atomic mass is 32.2. The Labute approximate surface area is 124 Å². The van der Waals surface area contributed by atoms with E-state index in [0.717, 1.165) is 31.7 Å². The number of sulfonamides is 1. The van der Waals surface area contributed by atoms with E-state index in [1.54, 1.807) is 13.8 Å². The van der Waals surface area contributed by atoms with Crippen LogP contribution in [0.2, 0.25) is 0 Å². The molecule has 0 aliphatic heterocycles. The van der Waals surface area contributed by atoms with Gasteiger partial charge in [0.05, 0.1) is 9.82 Å². The van der Waals surface area contributed by atoms with E-state index in [2.05, 4.69) is 4.72 Å². The maximum atomic E-state index is 12.4. The minimum atomic E-state index is -3.71. The summed E-state index contributed by atoms with van der Waals surface area (Å²) < 4.78 is 27.4. The van der Waals surface area contributed by atoms with Crippen LogP contribution in [0, 0.1) is 29.9 Å². The number of nitro benzene ring substituents is 1. The number of benzene rings is 1. The zero-order chi connectivity index (χ0) is 15.6. The standard InChI is InChI=1S/C14H20N2O4S/c1-10-7-13(16(17)18)8-14(11(10)2)21(19,20)15-9-12-5-3-4-6-12/h7-8,12,15H,3-6,9H2,1-2H3. The summed E-state index contributed by atoms with van der Waals surface area (Å²) >= 11 is 0. The average molecular weight is 312 g/mol. The molecule has 1 aromatic carbocycles. The Morgan fingerprint density at radius 2 is 1.90 bits per heavy atom. The number of rotatable bonds is 5. The second kappa shape index (κ2) is 6.11. The molecule has 1 aromatic rings. The van der Waals surface area contributed by atoms with Gasteiger partial charge in [0.1, 0.15) is 0 Å². The van der Waals surface area contributed by atoms with Crippen molar-refractivity contribution in [3.63, 3.8) is 0 Å². The van der Waals surface area contributed by atoms with E-state index in [0.29, 0.717) is 23.6 Å². The molecule has 7 heteroatoms. The summed E-state index contributed by atoms with van der Waals surface area (Å²) in [5.41, 5.74) is 0.962. The van der Waals surface area contributed by atoms with Crippen LogP contribution >= 0.6 is 0 Å². The number of nitrogens with one attached hydrogen (secondary N) is 1. The average Bonchev–Trinajstić information content (AvgIpc) is 2.92. The third kappa shape index (κ3) is 3.59. The molecule has 0 radical (unpaired) electrons. The van der Waals surface area contributed by atoms with E-state index in [1.165, 1.54) is 6.07 Å². The fourth-order valence-electron chi connectivity index (χ4n) is 2.71. The first-order valence-corrected chi connectivity index (χ1v) is 8.55. The normalized spacial score (nSPS) is 16.3. The largest absolute Gasteiger partial charge is 0.271 e. The van der Waals surface area contributed by atoms with Gasteiger partial charge in [-0.3, -0.25) is 10.1 Å². The van der Waals surface area contributed by atoms with Crippen LogP contribution in [0.15, 0.2) is 17.0 Å². The van der Waals surface area contributed by atoms with Crippen LogP contribution in [0.25, 0.3) is 0 Å². The molecule has 1 N–H and O–H groups in total. The second-order valence-corrected chi connectivity index (χ2v) is 7.38. The minimum absolute atomic E-state index is 0.00666. The third-order valence-corrected chi connectivity index (χ3v) is 5.69. The molecular weight excluding hydrogens is 292 g/mol. The van der Waals surface area contributed by atoms with E-state index in [4.69, 9.17) is 0 Å². The molecule has 6 nitrogen and oxygen atoms in total. The number of non-ortho nitro benzene ring substituents is 1. The maximum absolute atomic E-state index is 12.4. The minimum Gasteiger partial charge on any atom is -0.258 e. The Kier molecular flexibility index (Phi) is 4.63. The van der Waals surface area contributed by atoms with Crippen LogP contribution in [0.5, 0.6) is 0 Å². The Morgan fingerprint density at radius 3 is 2.48 bits per heavy atom. The third-order valence-electron chi connectivity index (χ3n) is 4.14. The van der Waals surface area contributed by atoms with Gasteiger partial charge in [-0.2, -0.15) is 0 Å². The molecule has 0 spiro atoms. The van der Waals surface area contributed by atoms with Gasteiger partial charge in [0, 0.05) is 18.7 Å². The van der Waals surface area contributed by atoms with Crippen LogP contribution in [-0.2, 0) is 10.0 Å². The van der Waals surface area contributed by atoms with Crippen molar-refractivity contribution in [2.75, 3.05) is 6.54 Å². The first-order valence-electron chi connectivity index (χ1n) is 7.06. The summed E-state index contributed by atoms with van der Waals surface area (Å²) in [6.45, 7) is 3.75. The molecular formula is C14H20N2O4S. The van der Waals surface area contributed by atoms with Crippen molar-refractivity contribution in [1.29, 1.82) is 0 Å². The van der Waals surface area contributed by atoms with Gasteiger partial charge in [-0.05, 0) is 43.7 Å². The molecule has 0 heterocycles. The summed E-state index contributed by atoms with van der Waals surface area (Å²) in [5.74, 6) is 0.375. The summed E-state index contributed by atoms with van der Waals surface area (Å²) in [7, 11) is -3.71. The molecule has 0 unspecified atom stereocenters. The van der Waals surface area contributed by atoms with Crippen molar-refractivity contribution in [2.45, 2.75) is 44.4 Å². The second-order valence-electron chi connectivity index (χ2n) is 5.65. The number of nitrogens with zero attached hydrogens (tertiary/aromatic N) is 1. The van der Waals surface area contributed by atoms with Crippen molar-refractivity contribution >= 4 is 15.7 Å². The van der Waals surface area contributed by atoms with Gasteiger partial charge in [0.15, 0.2) is 0 Å². The molecule has 116 valence electrons. The highest BCUT2D eigenvalue weighted by Gasteiger charge is 2.24. The quantitative estimate of drug-likeness (QED) is 0.668. The maximum Gasteiger partial charge on any atom is 0.271 e. The molecule has 1 fully saturated rings. The van der Waals surface area contributed by atoms with Crippen molar-refractivity contribution in [3.05, 3.63) is 33.4 Å². The summed E-state index contributed by atoms with van der Waals surface area (Å²) in [6, 6.07) is 2.53. The van der Waals surface area contributed by atoms with Gasteiger partial charge in [-0.15, -0.1) is 0 Å². The van der Waals surface area contributed by atoms with Crippen molar-refractivity contribution < 1.29 is 13.3 Å². The fourth-order valence-corrected chi connectivity index (χ4v) is 4.16. The molecule has 1 saturated carbocycles. The van der Waals surface area contributed by atoms with Crippen molar-refractivity contribution in [3.8, 4) is 0 Å². The summed E-state index contributed by atoms with van der Waals surface area (Å²) in [5, 5.41) is 10.9. The van der Waals surface area contributed by atoms with E-state index in [1.807, 2.05) is 0 Å². The van der Waals surface area contributed by atoms with E-state index < -0.39 is 14.9 Å². The Bertz CT molecular complexity index is 649. The highest BCUT2D eigenvalue weighted by Crippen LogP contribution is 2.27. The SMILES string of the molecule is Cc1cc([N+](=O)[O-])cc(S(=O)(=O)NCC2CCCC2)c1C. The monoisotopic (exact) mass is 312 g/mol. The molecule has 1 aliphatic carbocycles. The van der Waals surface area contributed by atoms with Gasteiger partial charge in [-0.25, -0.2) is 13.1 Å². The molecule has 0 bridgehead atoms. The van der Waals surface area contributed by atoms with Crippen molar-refractivity contribution in [1.82, 2.24) is 4.72 Å². The van der Waals surface area contributed by atoms with Crippen molar-refractivity contribution in [2.24, 2.45) is 5.92 Å². The molecule has 0 amide bonds. The van der Waals surface area contributed by atoms with Gasteiger partial charge in [-0.1, -0.05) is 12.8 Å². The predicted octanol–water partition coefficient (Wildman–Crippen LogP) is 2.68. The van der Waals surface area contributed by atoms with Gasteiger partial charge in [0.25, 0.3) is 5.69 Å². The summed E-state index contributed by atoms with van der Waals surface area (Å²) in [4.78, 5) is 10.3. The van der Waals surface area contributed by atoms with Crippen LogP contribution in [0.1, 0.15) is 36.8 Å². The molecule has 0 atom stereocenters. The Morgan fingerprint density at radius 1 is 1.29 bits per heavy atom. The molecule has 21 heavy (non-hydrogen) atoms. The van der Waals surface area contributed by atoms with E-state index >= 15 is 0 Å². The van der Waals surface area contributed by atoms with Gasteiger partial charge in [0.2, 0.25) is 10.0 Å². The Hall–Kier alpha value is -1.47. The highest BCUT2D eigenvalue weighted by molar-refractivity contribution is 7.89. The number of hydrogen-bond acceptors (Lipinski definition) is 4. The lowest BCUT2D eigenvalue weighted by Gasteiger charge is -2.13. The lowest BCUT2D eigenvalue weighted by Crippen LogP contribution is -2.29. The zero-order valence-electron chi connectivity index (χ0n) is 12.3. The zero-order valence-corrected chi connectivity index (χ0v) is 13.1. The number of hydrogen-bond donors (Lipinski definition) is 1. The molecule has 1 aliphatic rings. The van der Waals surface area contributed by atoms with Crippen LogP contribution in [0.3, 0.4) is 0 Å². The smallest absolute Gasteiger partial charge is 0.258 e. The molecule has 2 rings (SSSR count). The van der Waals surface area contributed by atoms with Crippen LogP contribution in [0.4, 0.5) is 5.69 Å². The fraction of sp³-hybridized carbons (Fsp3) is 0.571. The van der Waals surface area contributed by atoms with Crippen LogP contribution < -0.4 is 4.72 Å². The van der Waals surface area contributed by atoms with E-state index in [-0.39, 0.29) is 10.6 Å². The molecule has 0 saturated heterocycles. The number of aryl methyl sites for hydroxylation is 1. The lowest BCUT2D eigenvalue weighted by atomic mass is 10.1. The van der Waals surface area contributed by atoms with Gasteiger partial charge >= 0.3 is 0 Å². The van der Waals surface area contributed by atoms with Crippen LogP contribution in [-0.4, -0.2) is 19.9 Å². The Balaban J connectivity index is 2.27. The first-order chi connectivity index (χ1) is 9.81. The lowest BCUT2D eigenvalue weighted by molar-refractivity contribution is -0.385. The van der Waals surface area contributed by atoms with E-state index in [9.17, 15) is 18.5 Å².